The van der Waals surface area contributed by atoms with E-state index in [1.54, 1.807) is 32.7 Å². The number of aliphatic hydroxyl groups excluding tert-OH is 1. The van der Waals surface area contributed by atoms with E-state index in [1.165, 1.54) is 0 Å². The van der Waals surface area contributed by atoms with Crippen molar-refractivity contribution in [3.05, 3.63) is 0 Å². The molecule has 0 aliphatic heterocycles. The molecule has 0 radical (unpaired) electrons. The van der Waals surface area contributed by atoms with Gasteiger partial charge in [-0.3, -0.25) is 14.4 Å². The van der Waals surface area contributed by atoms with Gasteiger partial charge in [0.15, 0.2) is 0 Å². The highest BCUT2D eigenvalue weighted by molar-refractivity contribution is 5.91. The Bertz CT molecular complexity index is 811. The van der Waals surface area contributed by atoms with E-state index in [0.29, 0.717) is 31.7 Å². The van der Waals surface area contributed by atoms with Gasteiger partial charge in [0.1, 0.15) is 17.7 Å². The van der Waals surface area contributed by atoms with Crippen molar-refractivity contribution in [3.8, 4) is 0 Å². The molecule has 4 amide bonds. The standard InChI is InChI=1S/C30H58N4O6/c1-13-20(7)25(32-28(38)26(21(8)14-2)33-29(39)40-30(9,10)11)27(37)31-22(15-18(3)4)23(35)16-24(36)34(12)17-19(5)6/h18-23,25-26,35H,13-17H2,1-12H3,(H,31,37)(H,32,38)(H,33,39)/t20?,21?,22-,23?,25-,26-/m0/s1. The van der Waals surface area contributed by atoms with Gasteiger partial charge in [0.2, 0.25) is 17.7 Å². The lowest BCUT2D eigenvalue weighted by molar-refractivity contribution is -0.135. The van der Waals surface area contributed by atoms with Crippen molar-refractivity contribution in [1.29, 1.82) is 0 Å². The van der Waals surface area contributed by atoms with Crippen LogP contribution in [0.15, 0.2) is 0 Å². The predicted octanol–water partition coefficient (Wildman–Crippen LogP) is 3.85. The van der Waals surface area contributed by atoms with E-state index in [4.69, 9.17) is 4.74 Å². The first kappa shape index (κ1) is 37.6. The van der Waals surface area contributed by atoms with E-state index in [1.807, 2.05) is 55.4 Å². The number of carbonyl (C=O) groups is 4. The molecule has 0 rings (SSSR count). The van der Waals surface area contributed by atoms with E-state index in [0.717, 1.165) is 0 Å². The smallest absolute Gasteiger partial charge is 0.408 e. The highest BCUT2D eigenvalue weighted by atomic mass is 16.6. The maximum atomic E-state index is 13.6. The molecule has 40 heavy (non-hydrogen) atoms. The number of hydrogen-bond acceptors (Lipinski definition) is 6. The quantitative estimate of drug-likeness (QED) is 0.222. The topological polar surface area (TPSA) is 137 Å². The van der Waals surface area contributed by atoms with Gasteiger partial charge >= 0.3 is 6.09 Å². The highest BCUT2D eigenvalue weighted by Gasteiger charge is 2.35. The lowest BCUT2D eigenvalue weighted by Crippen LogP contribution is -2.59. The van der Waals surface area contributed by atoms with E-state index >= 15 is 0 Å². The number of aliphatic hydroxyl groups is 1. The van der Waals surface area contributed by atoms with Crippen molar-refractivity contribution in [2.24, 2.45) is 23.7 Å². The van der Waals surface area contributed by atoms with Crippen LogP contribution in [0.4, 0.5) is 4.79 Å². The van der Waals surface area contributed by atoms with Gasteiger partial charge < -0.3 is 30.7 Å². The fraction of sp³-hybridized carbons (Fsp3) is 0.867. The first-order chi connectivity index (χ1) is 18.3. The molecule has 0 aliphatic rings. The molecule has 3 unspecified atom stereocenters. The third-order valence-electron chi connectivity index (χ3n) is 6.93. The van der Waals surface area contributed by atoms with Crippen molar-refractivity contribution in [1.82, 2.24) is 20.9 Å². The molecule has 0 saturated carbocycles. The molecule has 4 N–H and O–H groups in total. The monoisotopic (exact) mass is 570 g/mol. The fourth-order valence-electron chi connectivity index (χ4n) is 4.30. The summed E-state index contributed by atoms with van der Waals surface area (Å²) in [6.07, 6.45) is -0.201. The Kier molecular flexibility index (Phi) is 16.4. The average molecular weight is 571 g/mol. The van der Waals surface area contributed by atoms with Crippen LogP contribution in [0.1, 0.15) is 102 Å². The Labute approximate surface area is 242 Å². The van der Waals surface area contributed by atoms with Gasteiger partial charge in [-0.25, -0.2) is 4.79 Å². The first-order valence-corrected chi connectivity index (χ1v) is 14.8. The van der Waals surface area contributed by atoms with Crippen molar-refractivity contribution in [2.75, 3.05) is 13.6 Å². The van der Waals surface area contributed by atoms with Crippen LogP contribution in [0.2, 0.25) is 0 Å². The number of nitrogens with one attached hydrogen (secondary N) is 3. The molecule has 0 aromatic carbocycles. The minimum absolute atomic E-state index is 0.114. The Hall–Kier alpha value is -2.36. The number of carbonyl (C=O) groups excluding carboxylic acids is 4. The summed E-state index contributed by atoms with van der Waals surface area (Å²) < 4.78 is 5.35. The molecule has 6 atom stereocenters. The molecule has 10 heteroatoms. The summed E-state index contributed by atoms with van der Waals surface area (Å²) in [4.78, 5) is 53.7. The maximum absolute atomic E-state index is 13.6. The summed E-state index contributed by atoms with van der Waals surface area (Å²) in [5.74, 6) is -1.10. The third-order valence-corrected chi connectivity index (χ3v) is 6.93. The summed E-state index contributed by atoms with van der Waals surface area (Å²) in [6, 6.07) is -2.46. The van der Waals surface area contributed by atoms with Gasteiger partial charge in [0, 0.05) is 13.6 Å². The van der Waals surface area contributed by atoms with Crippen molar-refractivity contribution in [3.63, 3.8) is 0 Å². The molecule has 0 aromatic rings. The van der Waals surface area contributed by atoms with Crippen LogP contribution in [0.3, 0.4) is 0 Å². The van der Waals surface area contributed by atoms with Crippen LogP contribution in [0.5, 0.6) is 0 Å². The lowest BCUT2D eigenvalue weighted by atomic mass is 9.93. The zero-order valence-corrected chi connectivity index (χ0v) is 27.1. The Morgan fingerprint density at radius 3 is 1.70 bits per heavy atom. The second-order valence-electron chi connectivity index (χ2n) is 13.1. The molecule has 0 aromatic heterocycles. The number of amides is 4. The number of rotatable bonds is 16. The van der Waals surface area contributed by atoms with Crippen LogP contribution in [-0.4, -0.2) is 77.2 Å². The third kappa shape index (κ3) is 14.3. The Balaban J connectivity index is 5.81. The average Bonchev–Trinajstić information content (AvgIpc) is 2.82. The van der Waals surface area contributed by atoms with Gasteiger partial charge in [0.05, 0.1) is 18.6 Å². The second-order valence-corrected chi connectivity index (χ2v) is 13.1. The zero-order valence-electron chi connectivity index (χ0n) is 27.1. The minimum Gasteiger partial charge on any atom is -0.444 e. The Morgan fingerprint density at radius 1 is 0.800 bits per heavy atom. The molecular formula is C30H58N4O6. The van der Waals surface area contributed by atoms with Gasteiger partial charge in [-0.15, -0.1) is 0 Å². The summed E-state index contributed by atoms with van der Waals surface area (Å²) >= 11 is 0. The zero-order chi connectivity index (χ0) is 31.4. The summed E-state index contributed by atoms with van der Waals surface area (Å²) in [7, 11) is 1.71. The van der Waals surface area contributed by atoms with Gasteiger partial charge in [-0.05, 0) is 50.9 Å². The molecular weight excluding hydrogens is 512 g/mol. The number of hydrogen-bond donors (Lipinski definition) is 4. The molecule has 0 heterocycles. The van der Waals surface area contributed by atoms with Crippen LogP contribution in [-0.2, 0) is 19.1 Å². The van der Waals surface area contributed by atoms with Crippen molar-refractivity contribution >= 4 is 23.8 Å². The molecule has 0 fully saturated rings. The van der Waals surface area contributed by atoms with Crippen LogP contribution in [0.25, 0.3) is 0 Å². The molecule has 0 spiro atoms. The summed E-state index contributed by atoms with van der Waals surface area (Å²) in [5, 5.41) is 19.4. The van der Waals surface area contributed by atoms with Gasteiger partial charge in [-0.2, -0.15) is 0 Å². The van der Waals surface area contributed by atoms with Crippen molar-refractivity contribution < 1.29 is 29.0 Å². The van der Waals surface area contributed by atoms with Crippen LogP contribution in [0, 0.1) is 23.7 Å². The van der Waals surface area contributed by atoms with E-state index in [-0.39, 0.29) is 30.1 Å². The van der Waals surface area contributed by atoms with Gasteiger partial charge in [0.25, 0.3) is 0 Å². The maximum Gasteiger partial charge on any atom is 0.408 e. The Morgan fingerprint density at radius 2 is 1.27 bits per heavy atom. The predicted molar refractivity (Wildman–Crippen MR) is 158 cm³/mol. The van der Waals surface area contributed by atoms with Crippen LogP contribution < -0.4 is 16.0 Å². The number of alkyl carbamates (subject to hydrolysis) is 1. The first-order valence-electron chi connectivity index (χ1n) is 14.8. The fourth-order valence-corrected chi connectivity index (χ4v) is 4.30. The molecule has 0 saturated heterocycles. The van der Waals surface area contributed by atoms with Crippen LogP contribution >= 0.6 is 0 Å². The molecule has 0 aliphatic carbocycles. The van der Waals surface area contributed by atoms with E-state index in [9.17, 15) is 24.3 Å². The normalized spacial score (nSPS) is 16.4. The molecule has 0 bridgehead atoms. The molecule has 10 nitrogen and oxygen atoms in total. The highest BCUT2D eigenvalue weighted by Crippen LogP contribution is 2.17. The van der Waals surface area contributed by atoms with E-state index < -0.39 is 47.7 Å². The van der Waals surface area contributed by atoms with Crippen molar-refractivity contribution in [2.45, 2.75) is 132 Å². The van der Waals surface area contributed by atoms with Gasteiger partial charge in [-0.1, -0.05) is 68.2 Å². The summed E-state index contributed by atoms with van der Waals surface area (Å²) in [6.45, 7) is 21.3. The largest absolute Gasteiger partial charge is 0.444 e. The minimum atomic E-state index is -1.08. The lowest BCUT2D eigenvalue weighted by Gasteiger charge is -2.32. The second kappa shape index (κ2) is 17.5. The number of nitrogens with zero attached hydrogens (tertiary/aromatic N) is 1. The summed E-state index contributed by atoms with van der Waals surface area (Å²) in [5.41, 5.74) is -0.725. The SMILES string of the molecule is CCC(C)[C@H](NC(=O)OC(C)(C)C)C(=O)N[C@H](C(=O)N[C@@H](CC(C)C)C(O)CC(=O)N(C)CC(C)C)C(C)CC. The molecule has 234 valence electrons. The van der Waals surface area contributed by atoms with E-state index in [2.05, 4.69) is 16.0 Å². The number of ether oxygens (including phenoxy) is 1.